The van der Waals surface area contributed by atoms with Crippen LogP contribution in [0, 0.1) is 11.3 Å². The first kappa shape index (κ1) is 31.1. The smallest absolute Gasteiger partial charge is 0.148 e. The van der Waals surface area contributed by atoms with Gasteiger partial charge in [-0.05, 0) is 53.5 Å². The molecule has 0 aliphatic carbocycles. The number of fused-ring (bicyclic) bond motifs is 1. The van der Waals surface area contributed by atoms with Gasteiger partial charge in [0.05, 0.1) is 23.7 Å². The Hall–Kier alpha value is -3.12. The fourth-order valence-electron chi connectivity index (χ4n) is 3.81. The molecule has 0 spiro atoms. The molecule has 3 aromatic rings. The topological polar surface area (TPSA) is 149 Å². The summed E-state index contributed by atoms with van der Waals surface area (Å²) in [6.45, 7) is 10.8. The van der Waals surface area contributed by atoms with Crippen LogP contribution in [0.15, 0.2) is 48.2 Å². The van der Waals surface area contributed by atoms with Crippen molar-refractivity contribution in [3.05, 3.63) is 65.4 Å². The van der Waals surface area contributed by atoms with Gasteiger partial charge >= 0.3 is 0 Å². The third-order valence-electron chi connectivity index (χ3n) is 5.49. The molecule has 38 heavy (non-hydrogen) atoms. The zero-order chi connectivity index (χ0) is 27.0. The van der Waals surface area contributed by atoms with E-state index in [4.69, 9.17) is 20.6 Å². The van der Waals surface area contributed by atoms with Crippen LogP contribution in [0.2, 0.25) is 0 Å². The van der Waals surface area contributed by atoms with Crippen LogP contribution in [-0.4, -0.2) is 55.1 Å². The predicted molar refractivity (Wildman–Crippen MR) is 144 cm³/mol. The van der Waals surface area contributed by atoms with Crippen LogP contribution < -0.4 is 10.5 Å². The molecule has 10 nitrogen and oxygen atoms in total. The van der Waals surface area contributed by atoms with Crippen LogP contribution >= 0.6 is 0 Å². The van der Waals surface area contributed by atoms with E-state index >= 15 is 0 Å². The van der Waals surface area contributed by atoms with E-state index in [1.807, 2.05) is 26.1 Å². The first-order valence-electron chi connectivity index (χ1n) is 12.3. The maximum absolute atomic E-state index is 9.56. The molecular weight excluding hydrogens is 652 g/mol. The summed E-state index contributed by atoms with van der Waals surface area (Å²) in [7, 11) is 0. The molecule has 3 N–H and O–H groups in total. The van der Waals surface area contributed by atoms with Gasteiger partial charge in [-0.15, -0.1) is 13.1 Å². The van der Waals surface area contributed by atoms with Gasteiger partial charge in [0.2, 0.25) is 0 Å². The van der Waals surface area contributed by atoms with Crippen molar-refractivity contribution in [2.24, 2.45) is 10.7 Å². The van der Waals surface area contributed by atoms with Gasteiger partial charge in [-0.1, -0.05) is 0 Å². The molecule has 4 rings (SSSR count). The number of piperidine rings is 1. The Labute approximate surface area is 238 Å². The molecule has 0 bridgehead atoms. The number of nitrogens with zero attached hydrogens (tertiary/aromatic N) is 7. The first-order valence-corrected chi connectivity index (χ1v) is 12.3. The number of nitriles is 1. The Balaban J connectivity index is 0.000000774. The second-order valence-corrected chi connectivity index (χ2v) is 9.81. The number of rotatable bonds is 6. The van der Waals surface area contributed by atoms with Crippen LogP contribution in [0.1, 0.15) is 70.4 Å². The second-order valence-electron chi connectivity index (χ2n) is 9.81. The van der Waals surface area contributed by atoms with E-state index in [-0.39, 0.29) is 33.2 Å². The van der Waals surface area contributed by atoms with Gasteiger partial charge in [0, 0.05) is 68.7 Å². The summed E-state index contributed by atoms with van der Waals surface area (Å²) >= 11 is 0. The Morgan fingerprint density at radius 1 is 1.32 bits per heavy atom. The predicted octanol–water partition coefficient (Wildman–Crippen LogP) is 4.21. The molecular formula is C27H35N8O2W-. The summed E-state index contributed by atoms with van der Waals surface area (Å²) in [6, 6.07) is 4.30. The Morgan fingerprint density at radius 2 is 2.00 bits per heavy atom. The van der Waals surface area contributed by atoms with E-state index < -0.39 is 5.60 Å². The fourth-order valence-corrected chi connectivity index (χ4v) is 3.81. The molecule has 1 aliphatic heterocycles. The van der Waals surface area contributed by atoms with Crippen molar-refractivity contribution in [1.82, 2.24) is 19.6 Å². The monoisotopic (exact) mass is 687 g/mol. The fraction of sp³-hybridized carbons (Fsp3) is 0.444. The maximum atomic E-state index is 9.56. The van der Waals surface area contributed by atoms with Gasteiger partial charge < -0.3 is 20.9 Å². The zero-order valence-corrected chi connectivity index (χ0v) is 25.4. The quantitative estimate of drug-likeness (QED) is 0.369. The number of aromatic nitrogens is 4. The van der Waals surface area contributed by atoms with Crippen molar-refractivity contribution in [2.75, 3.05) is 13.1 Å². The molecule has 0 radical (unpaired) electrons. The van der Waals surface area contributed by atoms with Gasteiger partial charge in [-0.3, -0.25) is 15.0 Å². The van der Waals surface area contributed by atoms with Gasteiger partial charge in [0.1, 0.15) is 29.0 Å². The molecule has 0 saturated carbocycles. The van der Waals surface area contributed by atoms with Crippen LogP contribution in [-0.2, 0) is 21.1 Å². The van der Waals surface area contributed by atoms with E-state index in [9.17, 15) is 5.26 Å². The van der Waals surface area contributed by atoms with Crippen LogP contribution in [0.5, 0.6) is 5.75 Å². The Kier molecular flexibility index (Phi) is 11.6. The van der Waals surface area contributed by atoms with Gasteiger partial charge in [-0.25, -0.2) is 4.52 Å². The first-order chi connectivity index (χ1) is 17.6. The third kappa shape index (κ3) is 8.73. The zero-order valence-electron chi connectivity index (χ0n) is 22.5. The summed E-state index contributed by atoms with van der Waals surface area (Å²) in [5.41, 5.74) is 9.66. The maximum Gasteiger partial charge on any atom is 0.148 e. The van der Waals surface area contributed by atoms with Gasteiger partial charge in [-0.2, -0.15) is 10.4 Å². The van der Waals surface area contributed by atoms with Gasteiger partial charge in [0.25, 0.3) is 0 Å². The van der Waals surface area contributed by atoms with E-state index in [1.165, 1.54) is 6.20 Å². The van der Waals surface area contributed by atoms with Crippen molar-refractivity contribution >= 4 is 16.8 Å². The standard InChI is InChI=1S/C23H25N8O.C4H10O.W/c1-15(30-19-3-5-26-6-4-19)20(11-25)17-9-22(23-18(10-24)12-29-31(23)14-17)32-16(2)21-13-27-7-8-28-21;1-4(2,3)5;/h7-9,11-14,16,19H,3-6,25H2,1-2H3;5H,1-3H3;/q-1;;/b20-11+,30-15?;;. The molecule has 1 aliphatic rings. The summed E-state index contributed by atoms with van der Waals surface area (Å²) in [5, 5.41) is 26.8. The number of allylic oxidation sites excluding steroid dienone is 1. The minimum Gasteiger partial charge on any atom is -0.662 e. The number of hydrogen-bond acceptors (Lipinski definition) is 8. The second kappa shape index (κ2) is 14.1. The molecule has 4 heterocycles. The number of hydrogen-bond donors (Lipinski definition) is 2. The molecule has 1 atom stereocenters. The molecule has 1 fully saturated rings. The SMILES string of the molecule is CC(=NC1CC[N-]CC1)/C(=C\N)c1cc(OC(C)c2cnccn2)c2c(C#N)cnn2c1.CC(C)(C)O.[W]. The van der Waals surface area contributed by atoms with Crippen molar-refractivity contribution in [3.63, 3.8) is 0 Å². The number of aliphatic hydroxyl groups is 1. The van der Waals surface area contributed by atoms with Gasteiger partial charge in [0.15, 0.2) is 0 Å². The number of nitrogens with two attached hydrogens (primary N) is 1. The normalized spacial score (nSPS) is 15.6. The summed E-state index contributed by atoms with van der Waals surface area (Å²) in [6.07, 6.45) is 11.3. The number of ether oxygens (including phenoxy) is 1. The minimum absolute atomic E-state index is 0. The van der Waals surface area contributed by atoms with E-state index in [0.29, 0.717) is 22.5 Å². The molecule has 202 valence electrons. The Bertz CT molecular complexity index is 1280. The van der Waals surface area contributed by atoms with E-state index in [0.717, 1.165) is 42.8 Å². The number of pyridine rings is 1. The van der Waals surface area contributed by atoms with Crippen molar-refractivity contribution in [3.8, 4) is 11.8 Å². The van der Waals surface area contributed by atoms with Crippen molar-refractivity contribution in [1.29, 1.82) is 5.26 Å². The van der Waals surface area contributed by atoms with Crippen LogP contribution in [0.3, 0.4) is 0 Å². The average Bonchev–Trinajstić information content (AvgIpc) is 3.28. The van der Waals surface area contributed by atoms with E-state index in [2.05, 4.69) is 26.5 Å². The average molecular weight is 687 g/mol. The molecule has 0 amide bonds. The molecule has 1 saturated heterocycles. The number of aliphatic imine (C=N–C) groups is 1. The minimum atomic E-state index is -0.500. The summed E-state index contributed by atoms with van der Waals surface area (Å²) in [5.74, 6) is 0.512. The Morgan fingerprint density at radius 3 is 2.58 bits per heavy atom. The summed E-state index contributed by atoms with van der Waals surface area (Å²) in [4.78, 5) is 13.3. The molecule has 3 aromatic heterocycles. The van der Waals surface area contributed by atoms with Crippen molar-refractivity contribution < 1.29 is 30.9 Å². The summed E-state index contributed by atoms with van der Waals surface area (Å²) < 4.78 is 7.89. The molecule has 11 heteroatoms. The van der Waals surface area contributed by atoms with Crippen molar-refractivity contribution in [2.45, 2.75) is 65.2 Å². The molecule has 0 aromatic carbocycles. The third-order valence-corrected chi connectivity index (χ3v) is 5.49. The van der Waals surface area contributed by atoms with E-state index in [1.54, 1.807) is 50.1 Å². The largest absolute Gasteiger partial charge is 0.662 e. The molecule has 1 unspecified atom stereocenters. The van der Waals surface area contributed by atoms with Crippen LogP contribution in [0.25, 0.3) is 16.4 Å². The van der Waals surface area contributed by atoms with Crippen LogP contribution in [0.4, 0.5) is 0 Å².